The predicted octanol–water partition coefficient (Wildman–Crippen LogP) is 4.44. The molecule has 0 bridgehead atoms. The van der Waals surface area contributed by atoms with Crippen LogP contribution < -0.4 is 5.32 Å². The van der Waals surface area contributed by atoms with Crippen LogP contribution in [0, 0.1) is 12.8 Å². The third kappa shape index (κ3) is 2.89. The quantitative estimate of drug-likeness (QED) is 0.908. The van der Waals surface area contributed by atoms with Crippen molar-refractivity contribution < 1.29 is 4.79 Å². The fourth-order valence-corrected chi connectivity index (χ4v) is 2.91. The van der Waals surface area contributed by atoms with E-state index in [9.17, 15) is 4.79 Å². The molecule has 0 saturated heterocycles. The van der Waals surface area contributed by atoms with Crippen LogP contribution in [0.4, 0.5) is 5.82 Å². The molecule has 2 aromatic rings. The molecule has 1 heterocycles. The zero-order valence-electron chi connectivity index (χ0n) is 11.4. The second-order valence-corrected chi connectivity index (χ2v) is 6.04. The van der Waals surface area contributed by atoms with E-state index in [1.54, 1.807) is 12.3 Å². The van der Waals surface area contributed by atoms with Gasteiger partial charge in [0.2, 0.25) is 5.91 Å². The van der Waals surface area contributed by atoms with Crippen molar-refractivity contribution in [1.82, 2.24) is 4.98 Å². The molecule has 1 aliphatic carbocycles. The molecule has 1 amide bonds. The summed E-state index contributed by atoms with van der Waals surface area (Å²) in [7, 11) is 0. The summed E-state index contributed by atoms with van der Waals surface area (Å²) in [5, 5.41) is 3.96. The topological polar surface area (TPSA) is 42.0 Å². The van der Waals surface area contributed by atoms with Crippen molar-refractivity contribution in [3.05, 3.63) is 57.7 Å². The molecule has 1 aromatic carbocycles. The number of benzene rings is 1. The van der Waals surface area contributed by atoms with Crippen LogP contribution >= 0.6 is 23.2 Å². The standard InChI is InChI=1S/C16H14Cl2N2O/c1-9-4-3-7-19-15(9)20-16(21)12-8-11(12)10-5-2-6-13(17)14(10)18/h2-7,11-12H,8H2,1H3,(H,19,20,21). The highest BCUT2D eigenvalue weighted by Crippen LogP contribution is 2.51. The highest BCUT2D eigenvalue weighted by molar-refractivity contribution is 6.42. The lowest BCUT2D eigenvalue weighted by molar-refractivity contribution is -0.117. The molecule has 1 aliphatic rings. The molecule has 21 heavy (non-hydrogen) atoms. The van der Waals surface area contributed by atoms with E-state index in [2.05, 4.69) is 10.3 Å². The van der Waals surface area contributed by atoms with Gasteiger partial charge in [-0.2, -0.15) is 0 Å². The molecule has 2 unspecified atom stereocenters. The molecule has 0 radical (unpaired) electrons. The van der Waals surface area contributed by atoms with E-state index in [0.717, 1.165) is 17.5 Å². The second kappa shape index (κ2) is 5.66. The normalized spacial score (nSPS) is 20.1. The molecule has 3 nitrogen and oxygen atoms in total. The first kappa shape index (κ1) is 14.4. The lowest BCUT2D eigenvalue weighted by atomic mass is 10.1. The fraction of sp³-hybridized carbons (Fsp3) is 0.250. The number of carbonyl (C=O) groups excluding carboxylic acids is 1. The Balaban J connectivity index is 1.72. The van der Waals surface area contributed by atoms with Crippen LogP contribution in [0.15, 0.2) is 36.5 Å². The van der Waals surface area contributed by atoms with Gasteiger partial charge in [0, 0.05) is 12.1 Å². The van der Waals surface area contributed by atoms with Crippen LogP contribution in [0.2, 0.25) is 10.0 Å². The number of rotatable bonds is 3. The van der Waals surface area contributed by atoms with Crippen molar-refractivity contribution >= 4 is 34.9 Å². The minimum Gasteiger partial charge on any atom is -0.310 e. The average Bonchev–Trinajstić information content (AvgIpc) is 3.25. The number of hydrogen-bond donors (Lipinski definition) is 1. The van der Waals surface area contributed by atoms with E-state index in [4.69, 9.17) is 23.2 Å². The van der Waals surface area contributed by atoms with Crippen molar-refractivity contribution in [1.29, 1.82) is 0 Å². The molecule has 5 heteroatoms. The molecular formula is C16H14Cl2N2O. The SMILES string of the molecule is Cc1cccnc1NC(=O)C1CC1c1cccc(Cl)c1Cl. The molecule has 3 rings (SSSR count). The van der Waals surface area contributed by atoms with Crippen LogP contribution in [-0.4, -0.2) is 10.9 Å². The van der Waals surface area contributed by atoms with Gasteiger partial charge >= 0.3 is 0 Å². The molecule has 0 spiro atoms. The Morgan fingerprint density at radius 3 is 2.86 bits per heavy atom. The van der Waals surface area contributed by atoms with Gasteiger partial charge in [-0.05, 0) is 42.5 Å². The van der Waals surface area contributed by atoms with E-state index < -0.39 is 0 Å². The molecule has 1 saturated carbocycles. The van der Waals surface area contributed by atoms with Gasteiger partial charge in [0.15, 0.2) is 0 Å². The summed E-state index contributed by atoms with van der Waals surface area (Å²) in [6.45, 7) is 1.92. The summed E-state index contributed by atoms with van der Waals surface area (Å²) in [5.74, 6) is 0.672. The molecule has 2 atom stereocenters. The van der Waals surface area contributed by atoms with Crippen LogP contribution in [0.1, 0.15) is 23.5 Å². The molecule has 1 N–H and O–H groups in total. The van der Waals surface area contributed by atoms with Gasteiger partial charge in [0.05, 0.1) is 10.0 Å². The maximum atomic E-state index is 12.3. The average molecular weight is 321 g/mol. The van der Waals surface area contributed by atoms with Crippen molar-refractivity contribution in [2.24, 2.45) is 5.92 Å². The van der Waals surface area contributed by atoms with Gasteiger partial charge in [-0.25, -0.2) is 4.98 Å². The van der Waals surface area contributed by atoms with E-state index in [1.165, 1.54) is 0 Å². The second-order valence-electron chi connectivity index (χ2n) is 5.25. The van der Waals surface area contributed by atoms with E-state index in [-0.39, 0.29) is 17.7 Å². The largest absolute Gasteiger partial charge is 0.310 e. The summed E-state index contributed by atoms with van der Waals surface area (Å²) in [5.41, 5.74) is 1.89. The van der Waals surface area contributed by atoms with Gasteiger partial charge in [0.1, 0.15) is 5.82 Å². The van der Waals surface area contributed by atoms with Crippen LogP contribution in [0.5, 0.6) is 0 Å². The lowest BCUT2D eigenvalue weighted by Crippen LogP contribution is -2.16. The molecule has 1 aromatic heterocycles. The highest BCUT2D eigenvalue weighted by Gasteiger charge is 2.45. The smallest absolute Gasteiger partial charge is 0.229 e. The monoisotopic (exact) mass is 320 g/mol. The van der Waals surface area contributed by atoms with Gasteiger partial charge in [0.25, 0.3) is 0 Å². The fourth-order valence-electron chi connectivity index (χ4n) is 2.46. The van der Waals surface area contributed by atoms with Crippen molar-refractivity contribution in [3.63, 3.8) is 0 Å². The Morgan fingerprint density at radius 1 is 1.29 bits per heavy atom. The van der Waals surface area contributed by atoms with Gasteiger partial charge in [-0.15, -0.1) is 0 Å². The summed E-state index contributed by atoms with van der Waals surface area (Å²) in [6, 6.07) is 9.30. The summed E-state index contributed by atoms with van der Waals surface area (Å²) in [6.07, 6.45) is 2.46. The number of halogens is 2. The third-order valence-corrected chi connectivity index (χ3v) is 4.59. The summed E-state index contributed by atoms with van der Waals surface area (Å²) in [4.78, 5) is 16.5. The predicted molar refractivity (Wildman–Crippen MR) is 84.9 cm³/mol. The van der Waals surface area contributed by atoms with Crippen LogP contribution in [0.3, 0.4) is 0 Å². The number of aryl methyl sites for hydroxylation is 1. The minimum atomic E-state index is -0.0672. The Bertz CT molecular complexity index is 702. The number of aromatic nitrogens is 1. The number of amides is 1. The van der Waals surface area contributed by atoms with E-state index in [1.807, 2.05) is 31.2 Å². The molecule has 108 valence electrons. The zero-order valence-corrected chi connectivity index (χ0v) is 12.9. The van der Waals surface area contributed by atoms with Crippen LogP contribution in [0.25, 0.3) is 0 Å². The van der Waals surface area contributed by atoms with Gasteiger partial charge in [-0.3, -0.25) is 4.79 Å². The summed E-state index contributed by atoms with van der Waals surface area (Å²) < 4.78 is 0. The summed E-state index contributed by atoms with van der Waals surface area (Å²) >= 11 is 12.2. The Hall–Kier alpha value is -1.58. The van der Waals surface area contributed by atoms with Gasteiger partial charge < -0.3 is 5.32 Å². The van der Waals surface area contributed by atoms with Crippen LogP contribution in [-0.2, 0) is 4.79 Å². The van der Waals surface area contributed by atoms with E-state index >= 15 is 0 Å². The zero-order chi connectivity index (χ0) is 15.0. The molecular weight excluding hydrogens is 307 g/mol. The lowest BCUT2D eigenvalue weighted by Gasteiger charge is -2.07. The number of nitrogens with one attached hydrogen (secondary N) is 1. The van der Waals surface area contributed by atoms with Gasteiger partial charge in [-0.1, -0.05) is 41.4 Å². The first-order valence-corrected chi connectivity index (χ1v) is 7.50. The molecule has 0 aliphatic heterocycles. The first-order chi connectivity index (χ1) is 10.1. The number of nitrogens with zero attached hydrogens (tertiary/aromatic N) is 1. The highest BCUT2D eigenvalue weighted by atomic mass is 35.5. The van der Waals surface area contributed by atoms with Crippen molar-refractivity contribution in [3.8, 4) is 0 Å². The van der Waals surface area contributed by atoms with E-state index in [0.29, 0.717) is 15.9 Å². The Morgan fingerprint density at radius 2 is 2.10 bits per heavy atom. The number of anilines is 1. The number of pyridine rings is 1. The third-order valence-electron chi connectivity index (χ3n) is 3.76. The maximum absolute atomic E-state index is 12.3. The number of carbonyl (C=O) groups is 1. The first-order valence-electron chi connectivity index (χ1n) is 6.74. The number of hydrogen-bond acceptors (Lipinski definition) is 2. The van der Waals surface area contributed by atoms with Crippen molar-refractivity contribution in [2.45, 2.75) is 19.3 Å². The Labute approximate surface area is 133 Å². The Kier molecular flexibility index (Phi) is 3.87. The maximum Gasteiger partial charge on any atom is 0.229 e. The molecule has 1 fully saturated rings. The van der Waals surface area contributed by atoms with Crippen molar-refractivity contribution in [2.75, 3.05) is 5.32 Å². The minimum absolute atomic E-state index is 0.0159.